The molecule has 0 unspecified atom stereocenters. The molecule has 0 bridgehead atoms. The molecule has 7 rings (SSSR count). The number of carbonyl (C=O) groups is 1. The van der Waals surface area contributed by atoms with E-state index in [4.69, 9.17) is 14.7 Å². The number of halogens is 1. The molecule has 1 aliphatic rings. The second-order valence-corrected chi connectivity index (χ2v) is 12.4. The number of nitrogens with one attached hydrogen (secondary N) is 3. The SMILES string of the molecule is CN(C)CCOc1cc(F)cc(-c2cncc3[nH]c(-c4n[nH]c5ccc(-c6cncc(NC(=O)CC7CCCCC7)c6)nc45)nc23)c1. The van der Waals surface area contributed by atoms with Crippen LogP contribution in [-0.4, -0.2) is 73.2 Å². The molecule has 11 nitrogen and oxygen atoms in total. The summed E-state index contributed by atoms with van der Waals surface area (Å²) in [5.74, 6) is 0.985. The molecule has 1 aliphatic carbocycles. The number of carbonyl (C=O) groups excluding carboxylic acids is 1. The van der Waals surface area contributed by atoms with Gasteiger partial charge in [0.25, 0.3) is 0 Å². The fourth-order valence-corrected chi connectivity index (χ4v) is 6.14. The quantitative estimate of drug-likeness (QED) is 0.153. The summed E-state index contributed by atoms with van der Waals surface area (Å²) in [5, 5.41) is 10.6. The van der Waals surface area contributed by atoms with Crippen molar-refractivity contribution in [3.8, 4) is 39.7 Å². The third-order valence-electron chi connectivity index (χ3n) is 8.53. The maximum atomic E-state index is 14.7. The molecule has 5 heterocycles. The fourth-order valence-electron chi connectivity index (χ4n) is 6.14. The first-order valence-electron chi connectivity index (χ1n) is 15.9. The zero-order valence-corrected chi connectivity index (χ0v) is 26.4. The zero-order valence-electron chi connectivity index (χ0n) is 26.4. The average Bonchev–Trinajstić information content (AvgIpc) is 3.69. The summed E-state index contributed by atoms with van der Waals surface area (Å²) in [5.41, 5.74) is 6.51. The molecule has 3 N–H and O–H groups in total. The lowest BCUT2D eigenvalue weighted by molar-refractivity contribution is -0.117. The van der Waals surface area contributed by atoms with E-state index in [1.165, 1.54) is 31.4 Å². The van der Waals surface area contributed by atoms with Crippen molar-refractivity contribution < 1.29 is 13.9 Å². The highest BCUT2D eigenvalue weighted by Gasteiger charge is 2.19. The summed E-state index contributed by atoms with van der Waals surface area (Å²) in [6.07, 6.45) is 13.1. The molecule has 47 heavy (non-hydrogen) atoms. The van der Waals surface area contributed by atoms with Crippen LogP contribution in [0, 0.1) is 11.7 Å². The Hall–Kier alpha value is -5.23. The number of aromatic nitrogens is 7. The Morgan fingerprint density at radius 1 is 0.957 bits per heavy atom. The standard InChI is InChI=1S/C35H36FN9O2/c1-45(2)10-11-47-26-15-22(13-24(36)16-26)27-19-38-20-30-32(27)42-35(41-30)34-33-29(43-44-34)9-8-28(40-33)23-14-25(18-37-17-23)39-31(46)12-21-6-4-3-5-7-21/h8-9,13-21H,3-7,10-12H2,1-2H3,(H,39,46)(H,41,42)(H,43,44). The number of aromatic amines is 2. The third-order valence-corrected chi connectivity index (χ3v) is 8.53. The number of ether oxygens (including phenoxy) is 1. The molecule has 5 aromatic heterocycles. The number of likely N-dealkylation sites (N-methyl/N-ethyl adjacent to an activating group) is 1. The summed E-state index contributed by atoms with van der Waals surface area (Å²) in [7, 11) is 3.91. The van der Waals surface area contributed by atoms with Crippen LogP contribution < -0.4 is 10.1 Å². The Kier molecular flexibility index (Phi) is 8.58. The summed E-state index contributed by atoms with van der Waals surface area (Å²) in [4.78, 5) is 36.6. The molecular weight excluding hydrogens is 597 g/mol. The van der Waals surface area contributed by atoms with Gasteiger partial charge in [0.1, 0.15) is 23.7 Å². The van der Waals surface area contributed by atoms with Crippen molar-refractivity contribution in [3.05, 3.63) is 67.0 Å². The second kappa shape index (κ2) is 13.2. The normalized spacial score (nSPS) is 13.9. The minimum atomic E-state index is -0.410. The number of hydrogen-bond donors (Lipinski definition) is 3. The van der Waals surface area contributed by atoms with Crippen LogP contribution in [0.5, 0.6) is 5.75 Å². The van der Waals surface area contributed by atoms with Gasteiger partial charge in [-0.15, -0.1) is 0 Å². The molecule has 0 radical (unpaired) electrons. The first-order chi connectivity index (χ1) is 22.9. The molecule has 1 fully saturated rings. The van der Waals surface area contributed by atoms with Crippen LogP contribution in [0.2, 0.25) is 0 Å². The van der Waals surface area contributed by atoms with Gasteiger partial charge in [0.15, 0.2) is 11.5 Å². The Bertz CT molecular complexity index is 2050. The van der Waals surface area contributed by atoms with Crippen LogP contribution in [0.3, 0.4) is 0 Å². The smallest absolute Gasteiger partial charge is 0.224 e. The van der Waals surface area contributed by atoms with Gasteiger partial charge in [0, 0.05) is 42.6 Å². The van der Waals surface area contributed by atoms with Gasteiger partial charge in [-0.3, -0.25) is 19.9 Å². The van der Waals surface area contributed by atoms with Crippen LogP contribution in [-0.2, 0) is 4.79 Å². The Morgan fingerprint density at radius 2 is 1.81 bits per heavy atom. The molecule has 1 aromatic carbocycles. The number of H-pyrrole nitrogens is 2. The highest BCUT2D eigenvalue weighted by atomic mass is 19.1. The van der Waals surface area contributed by atoms with Gasteiger partial charge >= 0.3 is 0 Å². The minimum absolute atomic E-state index is 0.0152. The topological polar surface area (TPSA) is 138 Å². The number of anilines is 1. The Balaban J connectivity index is 1.16. The minimum Gasteiger partial charge on any atom is -0.492 e. The molecule has 0 aliphatic heterocycles. The number of fused-ring (bicyclic) bond motifs is 2. The van der Waals surface area contributed by atoms with E-state index < -0.39 is 5.82 Å². The van der Waals surface area contributed by atoms with E-state index in [0.29, 0.717) is 81.8 Å². The van der Waals surface area contributed by atoms with Gasteiger partial charge in [0.2, 0.25) is 5.91 Å². The number of benzene rings is 1. The van der Waals surface area contributed by atoms with Crippen LogP contribution in [0.15, 0.2) is 61.2 Å². The van der Waals surface area contributed by atoms with Gasteiger partial charge in [0.05, 0.1) is 40.3 Å². The number of hydrogen-bond acceptors (Lipinski definition) is 8. The molecule has 0 spiro atoms. The molecular formula is C35H36FN9O2. The van der Waals surface area contributed by atoms with Gasteiger partial charge < -0.3 is 19.9 Å². The maximum absolute atomic E-state index is 14.7. The van der Waals surface area contributed by atoms with Crippen molar-refractivity contribution in [2.75, 3.05) is 32.6 Å². The number of nitrogens with zero attached hydrogens (tertiary/aromatic N) is 6. The number of imidazole rings is 1. The van der Waals surface area contributed by atoms with Crippen molar-refractivity contribution in [1.29, 1.82) is 0 Å². The largest absolute Gasteiger partial charge is 0.492 e. The maximum Gasteiger partial charge on any atom is 0.224 e. The average molecular weight is 634 g/mol. The van der Waals surface area contributed by atoms with E-state index in [2.05, 4.69) is 30.5 Å². The van der Waals surface area contributed by atoms with Crippen LogP contribution in [0.25, 0.3) is 56.0 Å². The molecule has 6 aromatic rings. The van der Waals surface area contributed by atoms with Crippen LogP contribution in [0.4, 0.5) is 10.1 Å². The van der Waals surface area contributed by atoms with Crippen molar-refractivity contribution >= 4 is 33.7 Å². The summed E-state index contributed by atoms with van der Waals surface area (Å²) in [6, 6.07) is 10.3. The van der Waals surface area contributed by atoms with Crippen molar-refractivity contribution in [2.24, 2.45) is 5.92 Å². The fraction of sp³-hybridized carbons (Fsp3) is 0.314. The first-order valence-corrected chi connectivity index (χ1v) is 15.9. The van der Waals surface area contributed by atoms with E-state index in [1.54, 1.807) is 30.9 Å². The second-order valence-electron chi connectivity index (χ2n) is 12.4. The Labute approximate surface area is 271 Å². The highest BCUT2D eigenvalue weighted by Crippen LogP contribution is 2.33. The lowest BCUT2D eigenvalue weighted by atomic mass is 9.87. The van der Waals surface area contributed by atoms with Crippen LogP contribution >= 0.6 is 0 Å². The van der Waals surface area contributed by atoms with E-state index in [1.807, 2.05) is 37.2 Å². The molecule has 240 valence electrons. The number of rotatable bonds is 10. The zero-order chi connectivity index (χ0) is 32.3. The number of pyridine rings is 3. The highest BCUT2D eigenvalue weighted by molar-refractivity contribution is 5.96. The van der Waals surface area contributed by atoms with Gasteiger partial charge in [-0.1, -0.05) is 19.3 Å². The molecule has 1 amide bonds. The van der Waals surface area contributed by atoms with E-state index in [-0.39, 0.29) is 5.91 Å². The van der Waals surface area contributed by atoms with E-state index in [0.717, 1.165) is 23.9 Å². The predicted octanol–water partition coefficient (Wildman–Crippen LogP) is 6.61. The van der Waals surface area contributed by atoms with Crippen molar-refractivity contribution in [3.63, 3.8) is 0 Å². The molecule has 0 saturated heterocycles. The summed E-state index contributed by atoms with van der Waals surface area (Å²) >= 11 is 0. The van der Waals surface area contributed by atoms with Crippen molar-refractivity contribution in [2.45, 2.75) is 38.5 Å². The lowest BCUT2D eigenvalue weighted by Gasteiger charge is -2.20. The summed E-state index contributed by atoms with van der Waals surface area (Å²) < 4.78 is 20.5. The molecule has 1 saturated carbocycles. The first kappa shape index (κ1) is 30.4. The lowest BCUT2D eigenvalue weighted by Crippen LogP contribution is -2.19. The summed E-state index contributed by atoms with van der Waals surface area (Å²) in [6.45, 7) is 1.14. The van der Waals surface area contributed by atoms with Gasteiger partial charge in [-0.25, -0.2) is 14.4 Å². The van der Waals surface area contributed by atoms with Crippen molar-refractivity contribution in [1.82, 2.24) is 40.0 Å². The number of amides is 1. The van der Waals surface area contributed by atoms with Gasteiger partial charge in [-0.2, -0.15) is 5.10 Å². The van der Waals surface area contributed by atoms with Gasteiger partial charge in [-0.05, 0) is 68.8 Å². The Morgan fingerprint density at radius 3 is 2.66 bits per heavy atom. The molecule has 12 heteroatoms. The monoisotopic (exact) mass is 633 g/mol. The third kappa shape index (κ3) is 6.82. The van der Waals surface area contributed by atoms with Crippen LogP contribution in [0.1, 0.15) is 38.5 Å². The predicted molar refractivity (Wildman–Crippen MR) is 179 cm³/mol. The van der Waals surface area contributed by atoms with E-state index in [9.17, 15) is 9.18 Å². The van der Waals surface area contributed by atoms with E-state index >= 15 is 0 Å². The molecule has 0 atom stereocenters.